The van der Waals surface area contributed by atoms with Crippen LogP contribution in [0.1, 0.15) is 11.4 Å². The van der Waals surface area contributed by atoms with Crippen LogP contribution in [0.3, 0.4) is 0 Å². The Hall–Kier alpha value is -2.93. The van der Waals surface area contributed by atoms with Gasteiger partial charge in [-0.1, -0.05) is 11.2 Å². The van der Waals surface area contributed by atoms with Crippen LogP contribution in [0.5, 0.6) is 0 Å². The van der Waals surface area contributed by atoms with E-state index in [9.17, 15) is 0 Å². The first-order chi connectivity index (χ1) is 11.7. The standard InChI is InChI=1S/C17H13N5OS/c1-10-5-3-7-13(19-10)15-21-16(23-22-15)14-11(2)20-17(24-14)12-6-4-8-18-9-12/h3-9H,1-2H3. The van der Waals surface area contributed by atoms with Crippen molar-refractivity contribution in [2.24, 2.45) is 0 Å². The molecule has 118 valence electrons. The van der Waals surface area contributed by atoms with Gasteiger partial charge in [-0.05, 0) is 38.1 Å². The van der Waals surface area contributed by atoms with Gasteiger partial charge in [0.2, 0.25) is 5.82 Å². The summed E-state index contributed by atoms with van der Waals surface area (Å²) < 4.78 is 5.43. The second-order valence-corrected chi connectivity index (χ2v) is 6.26. The summed E-state index contributed by atoms with van der Waals surface area (Å²) in [5.41, 5.74) is 3.43. The number of hydrogen-bond donors (Lipinski definition) is 0. The van der Waals surface area contributed by atoms with E-state index in [1.54, 1.807) is 12.4 Å². The van der Waals surface area contributed by atoms with E-state index in [1.165, 1.54) is 11.3 Å². The highest BCUT2D eigenvalue weighted by molar-refractivity contribution is 7.18. The zero-order valence-corrected chi connectivity index (χ0v) is 13.9. The van der Waals surface area contributed by atoms with Crippen molar-refractivity contribution in [2.75, 3.05) is 0 Å². The van der Waals surface area contributed by atoms with Gasteiger partial charge in [-0.2, -0.15) is 4.98 Å². The lowest BCUT2D eigenvalue weighted by Gasteiger charge is -1.94. The van der Waals surface area contributed by atoms with Crippen molar-refractivity contribution in [3.8, 4) is 32.9 Å². The van der Waals surface area contributed by atoms with Gasteiger partial charge in [0.15, 0.2) is 0 Å². The van der Waals surface area contributed by atoms with E-state index in [0.29, 0.717) is 17.4 Å². The van der Waals surface area contributed by atoms with Gasteiger partial charge in [-0.3, -0.25) is 4.98 Å². The molecule has 0 N–H and O–H groups in total. The molecule has 0 radical (unpaired) electrons. The van der Waals surface area contributed by atoms with E-state index in [4.69, 9.17) is 4.52 Å². The minimum absolute atomic E-state index is 0.457. The van der Waals surface area contributed by atoms with Gasteiger partial charge < -0.3 is 4.52 Å². The summed E-state index contributed by atoms with van der Waals surface area (Å²) in [4.78, 5) is 18.5. The molecule has 4 aromatic rings. The van der Waals surface area contributed by atoms with E-state index in [-0.39, 0.29) is 0 Å². The van der Waals surface area contributed by atoms with Gasteiger partial charge in [-0.15, -0.1) is 11.3 Å². The lowest BCUT2D eigenvalue weighted by atomic mass is 10.3. The smallest absolute Gasteiger partial charge is 0.270 e. The Morgan fingerprint density at radius 2 is 1.92 bits per heavy atom. The SMILES string of the molecule is Cc1cccc(-c2noc(-c3sc(-c4cccnc4)nc3C)n2)n1. The van der Waals surface area contributed by atoms with Crippen LogP contribution in [0.25, 0.3) is 32.9 Å². The van der Waals surface area contributed by atoms with E-state index in [0.717, 1.165) is 26.8 Å². The summed E-state index contributed by atoms with van der Waals surface area (Å²) in [5, 5.41) is 4.92. The molecule has 0 aliphatic heterocycles. The number of thiazole rings is 1. The fourth-order valence-corrected chi connectivity index (χ4v) is 3.27. The highest BCUT2D eigenvalue weighted by atomic mass is 32.1. The average molecular weight is 335 g/mol. The third-order valence-corrected chi connectivity index (χ3v) is 4.64. The second-order valence-electron chi connectivity index (χ2n) is 5.26. The Balaban J connectivity index is 1.72. The van der Waals surface area contributed by atoms with Crippen LogP contribution in [0.15, 0.2) is 47.2 Å². The summed E-state index contributed by atoms with van der Waals surface area (Å²) in [6, 6.07) is 9.58. The first kappa shape index (κ1) is 14.6. The van der Waals surface area contributed by atoms with E-state index in [1.807, 2.05) is 44.2 Å². The molecule has 0 aliphatic rings. The van der Waals surface area contributed by atoms with Crippen LogP contribution in [0.4, 0.5) is 0 Å². The summed E-state index contributed by atoms with van der Waals surface area (Å²) >= 11 is 1.51. The zero-order valence-electron chi connectivity index (χ0n) is 13.1. The quantitative estimate of drug-likeness (QED) is 0.564. The topological polar surface area (TPSA) is 77.6 Å². The van der Waals surface area contributed by atoms with Crippen LogP contribution in [0.2, 0.25) is 0 Å². The molecule has 0 bridgehead atoms. The molecule has 0 unspecified atom stereocenters. The number of aromatic nitrogens is 5. The van der Waals surface area contributed by atoms with E-state index >= 15 is 0 Å². The fourth-order valence-electron chi connectivity index (χ4n) is 2.29. The maximum absolute atomic E-state index is 5.43. The van der Waals surface area contributed by atoms with Crippen molar-refractivity contribution < 1.29 is 4.52 Å². The van der Waals surface area contributed by atoms with E-state index in [2.05, 4.69) is 25.1 Å². The predicted molar refractivity (Wildman–Crippen MR) is 91.3 cm³/mol. The van der Waals surface area contributed by atoms with Crippen molar-refractivity contribution >= 4 is 11.3 Å². The van der Waals surface area contributed by atoms with Crippen molar-refractivity contribution in [1.82, 2.24) is 25.1 Å². The molecule has 0 aromatic carbocycles. The number of aryl methyl sites for hydroxylation is 2. The third-order valence-electron chi connectivity index (χ3n) is 3.44. The maximum atomic E-state index is 5.43. The van der Waals surface area contributed by atoms with Crippen LogP contribution in [-0.4, -0.2) is 25.1 Å². The van der Waals surface area contributed by atoms with Gasteiger partial charge in [0.1, 0.15) is 15.6 Å². The molecule has 6 nitrogen and oxygen atoms in total. The molecule has 4 heterocycles. The van der Waals surface area contributed by atoms with Crippen LogP contribution < -0.4 is 0 Å². The Morgan fingerprint density at radius 3 is 2.71 bits per heavy atom. The molecular weight excluding hydrogens is 322 g/mol. The van der Waals surface area contributed by atoms with Crippen molar-refractivity contribution in [3.63, 3.8) is 0 Å². The molecule has 0 fully saturated rings. The number of nitrogens with zero attached hydrogens (tertiary/aromatic N) is 5. The van der Waals surface area contributed by atoms with Crippen molar-refractivity contribution in [2.45, 2.75) is 13.8 Å². The zero-order chi connectivity index (χ0) is 16.5. The van der Waals surface area contributed by atoms with Gasteiger partial charge in [0.05, 0.1) is 5.69 Å². The van der Waals surface area contributed by atoms with Crippen molar-refractivity contribution in [3.05, 3.63) is 54.1 Å². The monoisotopic (exact) mass is 335 g/mol. The lowest BCUT2D eigenvalue weighted by Crippen LogP contribution is -1.87. The number of pyridine rings is 2. The summed E-state index contributed by atoms with van der Waals surface area (Å²) in [7, 11) is 0. The summed E-state index contributed by atoms with van der Waals surface area (Å²) in [6.45, 7) is 3.86. The maximum Gasteiger partial charge on any atom is 0.270 e. The summed E-state index contributed by atoms with van der Waals surface area (Å²) in [5.74, 6) is 0.933. The predicted octanol–water partition coefficient (Wildman–Crippen LogP) is 3.93. The average Bonchev–Trinajstić information content (AvgIpc) is 3.22. The fraction of sp³-hybridized carbons (Fsp3) is 0.118. The van der Waals surface area contributed by atoms with Gasteiger partial charge >= 0.3 is 0 Å². The molecule has 7 heteroatoms. The molecular formula is C17H13N5OS. The minimum atomic E-state index is 0.457. The van der Waals surface area contributed by atoms with Crippen LogP contribution in [0, 0.1) is 13.8 Å². The minimum Gasteiger partial charge on any atom is -0.333 e. The second kappa shape index (κ2) is 5.93. The Kier molecular flexibility index (Phi) is 3.62. The molecule has 4 aromatic heterocycles. The third kappa shape index (κ3) is 2.69. The molecule has 4 rings (SSSR count). The molecule has 0 saturated carbocycles. The Morgan fingerprint density at radius 1 is 1.00 bits per heavy atom. The highest BCUT2D eigenvalue weighted by Gasteiger charge is 2.18. The molecule has 24 heavy (non-hydrogen) atoms. The first-order valence-electron chi connectivity index (χ1n) is 7.36. The Labute approximate surface area is 142 Å². The highest BCUT2D eigenvalue weighted by Crippen LogP contribution is 2.34. The van der Waals surface area contributed by atoms with Gasteiger partial charge in [0, 0.05) is 23.7 Å². The number of rotatable bonds is 3. The molecule has 0 aliphatic carbocycles. The summed E-state index contributed by atoms with van der Waals surface area (Å²) in [6.07, 6.45) is 3.53. The molecule has 0 saturated heterocycles. The normalized spacial score (nSPS) is 10.9. The number of hydrogen-bond acceptors (Lipinski definition) is 7. The van der Waals surface area contributed by atoms with E-state index < -0.39 is 0 Å². The van der Waals surface area contributed by atoms with Crippen LogP contribution >= 0.6 is 11.3 Å². The molecule has 0 atom stereocenters. The Bertz CT molecular complexity index is 993. The first-order valence-corrected chi connectivity index (χ1v) is 8.18. The van der Waals surface area contributed by atoms with Gasteiger partial charge in [-0.25, -0.2) is 9.97 Å². The van der Waals surface area contributed by atoms with Crippen LogP contribution in [-0.2, 0) is 0 Å². The molecule has 0 spiro atoms. The largest absolute Gasteiger partial charge is 0.333 e. The van der Waals surface area contributed by atoms with Gasteiger partial charge in [0.25, 0.3) is 5.89 Å². The lowest BCUT2D eigenvalue weighted by molar-refractivity contribution is 0.432. The molecule has 0 amide bonds. The van der Waals surface area contributed by atoms with Crippen molar-refractivity contribution in [1.29, 1.82) is 0 Å².